The molecule has 8 nitrogen and oxygen atoms in total. The van der Waals surface area contributed by atoms with Crippen LogP contribution >= 0.6 is 0 Å². The van der Waals surface area contributed by atoms with Gasteiger partial charge in [0.2, 0.25) is 0 Å². The van der Waals surface area contributed by atoms with Gasteiger partial charge in [0.1, 0.15) is 10.4 Å². The molecule has 3 aromatic rings. The summed E-state index contributed by atoms with van der Waals surface area (Å²) in [6.07, 6.45) is 6.20. The van der Waals surface area contributed by atoms with Crippen molar-refractivity contribution in [2.75, 3.05) is 6.61 Å². The Kier molecular flexibility index (Phi) is 7.74. The summed E-state index contributed by atoms with van der Waals surface area (Å²) in [5.41, 5.74) is 0.106. The fourth-order valence-electron chi connectivity index (χ4n) is 3.38. The molecular weight excluding hydrogens is 430 g/mol. The van der Waals surface area contributed by atoms with Crippen molar-refractivity contribution < 1.29 is 17.9 Å². The number of ether oxygens (including phenoxy) is 1. The number of benzene rings is 2. The second-order valence-corrected chi connectivity index (χ2v) is 9.40. The molecule has 2 aromatic carbocycles. The average Bonchev–Trinajstić information content (AvgIpc) is 2.78. The summed E-state index contributed by atoms with van der Waals surface area (Å²) >= 11 is 0. The lowest BCUT2D eigenvalue weighted by Crippen LogP contribution is -2.32. The fraction of sp³-hybridized carbons (Fsp3) is 0.391. The van der Waals surface area contributed by atoms with Crippen LogP contribution in [0.1, 0.15) is 61.4 Å². The van der Waals surface area contributed by atoms with Crippen LogP contribution in [-0.2, 0) is 14.8 Å². The van der Waals surface area contributed by atoms with Gasteiger partial charge in [-0.05, 0) is 42.8 Å². The normalized spacial score (nSPS) is 11.6. The zero-order chi connectivity index (χ0) is 23.1. The third kappa shape index (κ3) is 5.21. The topological polar surface area (TPSA) is 108 Å². The molecule has 0 aliphatic rings. The number of carbonyl (C=O) groups is 1. The summed E-state index contributed by atoms with van der Waals surface area (Å²) in [4.78, 5) is 25.1. The van der Waals surface area contributed by atoms with Crippen LogP contribution in [0, 0.1) is 6.92 Å². The van der Waals surface area contributed by atoms with Gasteiger partial charge in [0.15, 0.2) is 0 Å². The number of hydrogen-bond donors (Lipinski definition) is 0. The first-order chi connectivity index (χ1) is 15.4. The Morgan fingerprint density at radius 3 is 2.53 bits per heavy atom. The lowest BCUT2D eigenvalue weighted by atomic mass is 10.1. The Labute approximate surface area is 187 Å². The zero-order valence-corrected chi connectivity index (χ0v) is 19.1. The van der Waals surface area contributed by atoms with Gasteiger partial charge in [-0.1, -0.05) is 66.9 Å². The van der Waals surface area contributed by atoms with Gasteiger partial charge < -0.3 is 4.74 Å². The zero-order valence-electron chi connectivity index (χ0n) is 18.3. The van der Waals surface area contributed by atoms with E-state index in [0.717, 1.165) is 31.2 Å². The number of rotatable bonds is 10. The largest absolute Gasteiger partial charge is 0.462 e. The third-order valence-electron chi connectivity index (χ3n) is 5.13. The van der Waals surface area contributed by atoms with E-state index in [0.29, 0.717) is 16.0 Å². The van der Waals surface area contributed by atoms with Crippen LogP contribution in [0.2, 0.25) is 0 Å². The monoisotopic (exact) mass is 457 g/mol. The van der Waals surface area contributed by atoms with E-state index in [4.69, 9.17) is 4.74 Å². The van der Waals surface area contributed by atoms with E-state index in [1.165, 1.54) is 24.6 Å². The van der Waals surface area contributed by atoms with Gasteiger partial charge in [0.25, 0.3) is 15.6 Å². The highest BCUT2D eigenvalue weighted by Crippen LogP contribution is 2.19. The maximum Gasteiger partial charge on any atom is 0.339 e. The Morgan fingerprint density at radius 2 is 1.75 bits per heavy atom. The van der Waals surface area contributed by atoms with Crippen molar-refractivity contribution in [1.82, 2.24) is 14.4 Å². The summed E-state index contributed by atoms with van der Waals surface area (Å²) in [5.74, 6) is -0.754. The molecule has 0 saturated carbocycles. The molecular formula is C23H27N3O5S. The van der Waals surface area contributed by atoms with E-state index < -0.39 is 21.6 Å². The number of carbonyl (C=O) groups excluding carboxylic acids is 1. The van der Waals surface area contributed by atoms with Crippen LogP contribution in [-0.4, -0.2) is 35.4 Å². The molecule has 1 aromatic heterocycles. The highest BCUT2D eigenvalue weighted by molar-refractivity contribution is 7.90. The first-order valence-corrected chi connectivity index (χ1v) is 12.2. The SMILES string of the molecule is CCCCCCCCOC(=O)c1ccccc1S(=O)(=O)n1nnc2ccc(C)cc2c1=O. The smallest absolute Gasteiger partial charge is 0.339 e. The molecule has 170 valence electrons. The van der Waals surface area contributed by atoms with Crippen LogP contribution in [0.3, 0.4) is 0 Å². The van der Waals surface area contributed by atoms with Crippen molar-refractivity contribution in [2.45, 2.75) is 57.3 Å². The molecule has 0 unspecified atom stereocenters. The highest BCUT2D eigenvalue weighted by Gasteiger charge is 2.27. The first kappa shape index (κ1) is 23.6. The minimum absolute atomic E-state index is 0.131. The van der Waals surface area contributed by atoms with Gasteiger partial charge >= 0.3 is 5.97 Å². The van der Waals surface area contributed by atoms with Crippen LogP contribution < -0.4 is 5.56 Å². The molecule has 0 spiro atoms. The Morgan fingerprint density at radius 1 is 1.03 bits per heavy atom. The summed E-state index contributed by atoms with van der Waals surface area (Å²) in [5, 5.41) is 7.60. The minimum Gasteiger partial charge on any atom is -0.462 e. The molecule has 0 aliphatic heterocycles. The number of hydrogen-bond acceptors (Lipinski definition) is 7. The molecule has 0 fully saturated rings. The predicted octanol–water partition coefficient (Wildman–Crippen LogP) is 3.85. The predicted molar refractivity (Wildman–Crippen MR) is 121 cm³/mol. The van der Waals surface area contributed by atoms with Crippen molar-refractivity contribution in [2.24, 2.45) is 0 Å². The lowest BCUT2D eigenvalue weighted by Gasteiger charge is -2.11. The average molecular weight is 458 g/mol. The molecule has 0 bridgehead atoms. The van der Waals surface area contributed by atoms with Crippen LogP contribution in [0.5, 0.6) is 0 Å². The number of fused-ring (bicyclic) bond motifs is 1. The number of esters is 1. The minimum atomic E-state index is -4.47. The van der Waals surface area contributed by atoms with Crippen LogP contribution in [0.25, 0.3) is 10.9 Å². The van der Waals surface area contributed by atoms with Gasteiger partial charge in [-0.3, -0.25) is 4.79 Å². The van der Waals surface area contributed by atoms with Gasteiger partial charge in [0.05, 0.1) is 17.6 Å². The Hall–Kier alpha value is -3.07. The van der Waals surface area contributed by atoms with E-state index in [-0.39, 0.29) is 22.5 Å². The molecule has 0 amide bonds. The highest BCUT2D eigenvalue weighted by atomic mass is 32.2. The summed E-state index contributed by atoms with van der Waals surface area (Å²) < 4.78 is 32.1. The van der Waals surface area contributed by atoms with Gasteiger partial charge in [-0.25, -0.2) is 4.79 Å². The lowest BCUT2D eigenvalue weighted by molar-refractivity contribution is 0.0493. The molecule has 3 rings (SSSR count). The maximum atomic E-state index is 13.2. The van der Waals surface area contributed by atoms with Crippen molar-refractivity contribution in [3.05, 3.63) is 63.9 Å². The summed E-state index contributed by atoms with van der Waals surface area (Å²) in [7, 11) is -4.47. The standard InChI is InChI=1S/C23H27N3O5S/c1-3-4-5-6-7-10-15-31-23(28)18-11-8-9-12-21(18)32(29,30)26-22(27)19-16-17(2)13-14-20(19)24-25-26/h8-9,11-14,16H,3-7,10,15H2,1-2H3. The van der Waals surface area contributed by atoms with Gasteiger partial charge in [-0.2, -0.15) is 8.42 Å². The Bertz CT molecular complexity index is 1270. The third-order valence-corrected chi connectivity index (χ3v) is 6.74. The summed E-state index contributed by atoms with van der Waals surface area (Å²) in [6, 6.07) is 10.5. The Balaban J connectivity index is 1.84. The number of aryl methyl sites for hydroxylation is 1. The van der Waals surface area contributed by atoms with E-state index >= 15 is 0 Å². The van der Waals surface area contributed by atoms with Crippen molar-refractivity contribution in [3.63, 3.8) is 0 Å². The van der Waals surface area contributed by atoms with Crippen molar-refractivity contribution in [1.29, 1.82) is 0 Å². The molecule has 0 atom stereocenters. The van der Waals surface area contributed by atoms with Crippen LogP contribution in [0.4, 0.5) is 0 Å². The molecule has 0 saturated heterocycles. The second kappa shape index (κ2) is 10.5. The molecule has 1 heterocycles. The van der Waals surface area contributed by atoms with E-state index in [1.807, 2.05) is 0 Å². The molecule has 0 aliphatic carbocycles. The van der Waals surface area contributed by atoms with E-state index in [2.05, 4.69) is 17.2 Å². The molecule has 32 heavy (non-hydrogen) atoms. The first-order valence-electron chi connectivity index (χ1n) is 10.7. The molecule has 9 heteroatoms. The number of aromatic nitrogens is 3. The molecule has 0 N–H and O–H groups in total. The van der Waals surface area contributed by atoms with Crippen molar-refractivity contribution >= 4 is 26.9 Å². The van der Waals surface area contributed by atoms with Gasteiger partial charge in [-0.15, -0.1) is 5.10 Å². The van der Waals surface area contributed by atoms with Gasteiger partial charge in [0, 0.05) is 0 Å². The van der Waals surface area contributed by atoms with Crippen molar-refractivity contribution in [3.8, 4) is 0 Å². The maximum absolute atomic E-state index is 13.2. The fourth-order valence-corrected chi connectivity index (χ4v) is 4.69. The quantitative estimate of drug-likeness (QED) is 0.336. The van der Waals surface area contributed by atoms with E-state index in [1.54, 1.807) is 31.2 Å². The molecule has 0 radical (unpaired) electrons. The second-order valence-electron chi connectivity index (χ2n) is 7.66. The number of nitrogens with zero attached hydrogens (tertiary/aromatic N) is 3. The van der Waals surface area contributed by atoms with Crippen LogP contribution in [0.15, 0.2) is 52.2 Å². The summed E-state index contributed by atoms with van der Waals surface area (Å²) in [6.45, 7) is 4.13. The van der Waals surface area contributed by atoms with E-state index in [9.17, 15) is 18.0 Å². The number of unbranched alkanes of at least 4 members (excludes halogenated alkanes) is 5.